The Morgan fingerprint density at radius 2 is 1.78 bits per heavy atom. The van der Waals surface area contributed by atoms with Crippen LogP contribution in [0.3, 0.4) is 0 Å². The third-order valence-corrected chi connectivity index (χ3v) is 10.2. The molecule has 0 fully saturated rings. The maximum atomic E-state index is 14.0. The SMILES string of the molecule is CC1=CC(c2cc(=O)n(C)cc2-c2ccccc2)=CC(Cl)C1(C)S(=O)(=O)n1ccc2cc[nH]c(=O)c21. The summed E-state index contributed by atoms with van der Waals surface area (Å²) in [5, 5.41) is -0.464. The number of nitrogens with zero attached hydrogens (tertiary/aromatic N) is 2. The maximum absolute atomic E-state index is 14.0. The first-order chi connectivity index (χ1) is 17.1. The summed E-state index contributed by atoms with van der Waals surface area (Å²) >= 11 is 6.85. The van der Waals surface area contributed by atoms with E-state index in [1.807, 2.05) is 30.3 Å². The summed E-state index contributed by atoms with van der Waals surface area (Å²) in [6, 6.07) is 14.4. The number of fused-ring (bicyclic) bond motifs is 1. The van der Waals surface area contributed by atoms with Gasteiger partial charge in [-0.3, -0.25) is 9.59 Å². The van der Waals surface area contributed by atoms with Gasteiger partial charge in [-0.1, -0.05) is 42.5 Å². The molecule has 0 saturated carbocycles. The predicted octanol–water partition coefficient (Wildman–Crippen LogP) is 4.28. The van der Waals surface area contributed by atoms with E-state index in [0.29, 0.717) is 22.1 Å². The summed E-state index contributed by atoms with van der Waals surface area (Å²) in [5.41, 5.74) is 2.91. The van der Waals surface area contributed by atoms with Crippen LogP contribution in [-0.2, 0) is 17.1 Å². The highest BCUT2D eigenvalue weighted by molar-refractivity contribution is 7.91. The summed E-state index contributed by atoms with van der Waals surface area (Å²) in [7, 11) is -2.48. The van der Waals surface area contributed by atoms with Crippen LogP contribution in [-0.4, -0.2) is 32.1 Å². The first kappa shape index (κ1) is 24.1. The highest BCUT2D eigenvalue weighted by atomic mass is 35.5. The molecule has 0 radical (unpaired) electrons. The van der Waals surface area contributed by atoms with Crippen LogP contribution in [0.5, 0.6) is 0 Å². The fraction of sp³-hybridized carbons (Fsp3) is 0.185. The maximum Gasteiger partial charge on any atom is 0.273 e. The minimum Gasteiger partial charge on any atom is -0.327 e. The Kier molecular flexibility index (Phi) is 5.69. The van der Waals surface area contributed by atoms with E-state index in [1.54, 1.807) is 51.4 Å². The van der Waals surface area contributed by atoms with Crippen LogP contribution in [0.4, 0.5) is 0 Å². The van der Waals surface area contributed by atoms with Crippen molar-refractivity contribution in [1.29, 1.82) is 0 Å². The highest BCUT2D eigenvalue weighted by Gasteiger charge is 2.49. The Hall–Kier alpha value is -3.62. The lowest BCUT2D eigenvalue weighted by Crippen LogP contribution is -2.48. The molecule has 0 aliphatic heterocycles. The van der Waals surface area contributed by atoms with E-state index in [1.165, 1.54) is 23.0 Å². The molecular weight excluding hydrogens is 498 g/mol. The number of alkyl halides is 1. The van der Waals surface area contributed by atoms with E-state index in [2.05, 4.69) is 4.98 Å². The number of benzene rings is 1. The molecule has 4 aromatic rings. The van der Waals surface area contributed by atoms with E-state index >= 15 is 0 Å². The molecule has 0 spiro atoms. The molecule has 9 heteroatoms. The Balaban J connectivity index is 1.67. The third kappa shape index (κ3) is 3.51. The van der Waals surface area contributed by atoms with Crippen molar-refractivity contribution >= 4 is 38.1 Å². The van der Waals surface area contributed by atoms with Gasteiger partial charge in [-0.25, -0.2) is 12.4 Å². The van der Waals surface area contributed by atoms with Crippen LogP contribution in [0.1, 0.15) is 19.4 Å². The van der Waals surface area contributed by atoms with E-state index in [4.69, 9.17) is 11.6 Å². The molecule has 5 rings (SSSR count). The molecular formula is C27H24ClN3O4S. The quantitative estimate of drug-likeness (QED) is 0.405. The van der Waals surface area contributed by atoms with Crippen molar-refractivity contribution < 1.29 is 8.42 Å². The van der Waals surface area contributed by atoms with Crippen LogP contribution in [0, 0.1) is 0 Å². The number of halogens is 1. The molecule has 1 aliphatic rings. The van der Waals surface area contributed by atoms with Crippen LogP contribution in [0.25, 0.3) is 27.6 Å². The van der Waals surface area contributed by atoms with Crippen LogP contribution in [0.15, 0.2) is 94.4 Å². The van der Waals surface area contributed by atoms with Gasteiger partial charge in [-0.2, -0.15) is 0 Å². The van der Waals surface area contributed by atoms with Crippen molar-refractivity contribution in [2.24, 2.45) is 7.05 Å². The zero-order valence-electron chi connectivity index (χ0n) is 19.9. The van der Waals surface area contributed by atoms with E-state index < -0.39 is 25.7 Å². The number of pyridine rings is 2. The van der Waals surface area contributed by atoms with Crippen molar-refractivity contribution in [3.8, 4) is 11.1 Å². The summed E-state index contributed by atoms with van der Waals surface area (Å²) in [6.07, 6.45) is 8.05. The lowest BCUT2D eigenvalue weighted by Gasteiger charge is -2.37. The van der Waals surface area contributed by atoms with E-state index in [0.717, 1.165) is 15.1 Å². The average Bonchev–Trinajstić information content (AvgIpc) is 3.30. The van der Waals surface area contributed by atoms with Crippen molar-refractivity contribution in [2.75, 3.05) is 0 Å². The van der Waals surface area contributed by atoms with Gasteiger partial charge in [-0.05, 0) is 48.3 Å². The number of aryl methyl sites for hydroxylation is 1. The molecule has 36 heavy (non-hydrogen) atoms. The molecule has 2 atom stereocenters. The van der Waals surface area contributed by atoms with E-state index in [-0.39, 0.29) is 11.1 Å². The Labute approximate surface area is 213 Å². The van der Waals surface area contributed by atoms with Gasteiger partial charge in [0.25, 0.3) is 11.1 Å². The van der Waals surface area contributed by atoms with Crippen molar-refractivity contribution in [1.82, 2.24) is 13.5 Å². The average molecular weight is 522 g/mol. The molecule has 1 aliphatic carbocycles. The van der Waals surface area contributed by atoms with Crippen LogP contribution in [0.2, 0.25) is 0 Å². The Morgan fingerprint density at radius 1 is 1.06 bits per heavy atom. The number of hydrogen-bond donors (Lipinski definition) is 1. The first-order valence-corrected chi connectivity index (χ1v) is 13.2. The number of nitrogens with one attached hydrogen (secondary N) is 1. The standard InChI is InChI=1S/C27H24ClN3O4S/c1-17-13-20(21-15-24(32)30(3)16-22(21)18-7-5-4-6-8-18)14-23(28)27(17,2)36(34,35)31-12-10-19-9-11-29-26(33)25(19)31/h4-16,23H,1-3H3,(H,29,33). The van der Waals surface area contributed by atoms with Gasteiger partial charge in [0.2, 0.25) is 10.0 Å². The number of H-pyrrole nitrogens is 1. The van der Waals surface area contributed by atoms with Crippen molar-refractivity contribution in [3.05, 3.63) is 111 Å². The number of aromatic nitrogens is 3. The lowest BCUT2D eigenvalue weighted by atomic mass is 9.85. The summed E-state index contributed by atoms with van der Waals surface area (Å²) in [4.78, 5) is 27.6. The fourth-order valence-corrected chi connectivity index (χ4v) is 7.19. The molecule has 0 amide bonds. The number of rotatable bonds is 4. The summed E-state index contributed by atoms with van der Waals surface area (Å²) in [6.45, 7) is 3.27. The van der Waals surface area contributed by atoms with Gasteiger partial charge in [-0.15, -0.1) is 11.6 Å². The molecule has 184 valence electrons. The van der Waals surface area contributed by atoms with Crippen LogP contribution < -0.4 is 11.1 Å². The minimum atomic E-state index is -4.16. The van der Waals surface area contributed by atoms with Crippen molar-refractivity contribution in [3.63, 3.8) is 0 Å². The molecule has 1 N–H and O–H groups in total. The second-order valence-electron chi connectivity index (χ2n) is 9.10. The zero-order chi connectivity index (χ0) is 25.8. The Bertz CT molecular complexity index is 1800. The molecule has 1 aromatic carbocycles. The van der Waals surface area contributed by atoms with Gasteiger partial charge < -0.3 is 9.55 Å². The van der Waals surface area contributed by atoms with Crippen LogP contribution >= 0.6 is 11.6 Å². The molecule has 0 saturated heterocycles. The fourth-order valence-electron chi connectivity index (χ4n) is 4.66. The number of aromatic amines is 1. The first-order valence-electron chi connectivity index (χ1n) is 11.3. The lowest BCUT2D eigenvalue weighted by molar-refractivity contribution is 0.548. The monoisotopic (exact) mass is 521 g/mol. The molecule has 3 aromatic heterocycles. The predicted molar refractivity (Wildman–Crippen MR) is 144 cm³/mol. The normalized spacial score (nSPS) is 20.3. The van der Waals surface area contributed by atoms with Gasteiger partial charge in [0.15, 0.2) is 0 Å². The molecule has 0 bridgehead atoms. The summed E-state index contributed by atoms with van der Waals surface area (Å²) in [5.74, 6) is 0. The summed E-state index contributed by atoms with van der Waals surface area (Å²) < 4.78 is 29.0. The van der Waals surface area contributed by atoms with E-state index in [9.17, 15) is 18.0 Å². The molecule has 2 unspecified atom stereocenters. The topological polar surface area (TPSA) is 93.9 Å². The number of allylic oxidation sites excluding steroid dienone is 3. The third-order valence-electron chi connectivity index (χ3n) is 7.00. The highest BCUT2D eigenvalue weighted by Crippen LogP contribution is 2.43. The smallest absolute Gasteiger partial charge is 0.273 e. The molecule has 3 heterocycles. The second-order valence-corrected chi connectivity index (χ2v) is 11.8. The minimum absolute atomic E-state index is 0.0445. The van der Waals surface area contributed by atoms with Crippen molar-refractivity contribution in [2.45, 2.75) is 24.0 Å². The van der Waals surface area contributed by atoms with Gasteiger partial charge in [0.1, 0.15) is 10.3 Å². The second kappa shape index (κ2) is 8.50. The number of hydrogen-bond acceptors (Lipinski definition) is 4. The largest absolute Gasteiger partial charge is 0.327 e. The Morgan fingerprint density at radius 3 is 2.47 bits per heavy atom. The van der Waals surface area contributed by atoms with Gasteiger partial charge >= 0.3 is 0 Å². The van der Waals surface area contributed by atoms with Gasteiger partial charge in [0.05, 0.1) is 5.38 Å². The molecule has 7 nitrogen and oxygen atoms in total. The van der Waals surface area contributed by atoms with Gasteiger partial charge in [0, 0.05) is 42.7 Å². The zero-order valence-corrected chi connectivity index (χ0v) is 21.5.